The maximum absolute atomic E-state index is 12.4. The summed E-state index contributed by atoms with van der Waals surface area (Å²) in [6, 6.07) is 11.9. The molecule has 0 saturated heterocycles. The zero-order valence-corrected chi connectivity index (χ0v) is 16.6. The number of anilines is 1. The number of hydrogen-bond acceptors (Lipinski definition) is 5. The minimum Gasteiger partial charge on any atom is -0.467 e. The highest BCUT2D eigenvalue weighted by Crippen LogP contribution is 2.27. The molecule has 0 fully saturated rings. The maximum atomic E-state index is 12.4. The SMILES string of the molecule is Cc1c(C#N)c(NC(=O)COC(=O)c2cccc(Cl)c2)n(Cc2ccco2)c1C. The van der Waals surface area contributed by atoms with Crippen LogP contribution in [0.25, 0.3) is 0 Å². The van der Waals surface area contributed by atoms with Crippen LogP contribution in [0.2, 0.25) is 5.02 Å². The summed E-state index contributed by atoms with van der Waals surface area (Å²) in [5, 5.41) is 12.6. The molecule has 0 atom stereocenters. The third-order valence-corrected chi connectivity index (χ3v) is 4.72. The Balaban J connectivity index is 1.75. The van der Waals surface area contributed by atoms with E-state index in [2.05, 4.69) is 11.4 Å². The summed E-state index contributed by atoms with van der Waals surface area (Å²) in [7, 11) is 0. The highest BCUT2D eigenvalue weighted by atomic mass is 35.5. The molecule has 0 radical (unpaired) electrons. The molecule has 0 saturated carbocycles. The molecule has 1 amide bonds. The van der Waals surface area contributed by atoms with Crippen molar-refractivity contribution in [3.63, 3.8) is 0 Å². The average molecular weight is 412 g/mol. The second kappa shape index (κ2) is 8.67. The first kappa shape index (κ1) is 20.2. The Kier molecular flexibility index (Phi) is 6.05. The van der Waals surface area contributed by atoms with Gasteiger partial charge in [-0.05, 0) is 49.7 Å². The van der Waals surface area contributed by atoms with Crippen LogP contribution < -0.4 is 5.32 Å². The van der Waals surface area contributed by atoms with Crippen molar-refractivity contribution in [3.8, 4) is 6.07 Å². The summed E-state index contributed by atoms with van der Waals surface area (Å²) in [6.45, 7) is 3.51. The lowest BCUT2D eigenvalue weighted by molar-refractivity contribution is -0.119. The molecule has 29 heavy (non-hydrogen) atoms. The van der Waals surface area contributed by atoms with Gasteiger partial charge >= 0.3 is 5.97 Å². The van der Waals surface area contributed by atoms with Crippen LogP contribution in [0.4, 0.5) is 5.82 Å². The van der Waals surface area contributed by atoms with Gasteiger partial charge in [0.2, 0.25) is 0 Å². The molecule has 0 spiro atoms. The molecule has 2 aromatic heterocycles. The monoisotopic (exact) mass is 411 g/mol. The summed E-state index contributed by atoms with van der Waals surface area (Å²) in [4.78, 5) is 24.5. The van der Waals surface area contributed by atoms with Crippen molar-refractivity contribution in [2.75, 3.05) is 11.9 Å². The fourth-order valence-electron chi connectivity index (χ4n) is 2.88. The van der Waals surface area contributed by atoms with E-state index in [9.17, 15) is 14.9 Å². The number of halogens is 1. The highest BCUT2D eigenvalue weighted by Gasteiger charge is 2.21. The zero-order chi connectivity index (χ0) is 21.0. The number of nitrogens with one attached hydrogen (secondary N) is 1. The first-order valence-corrected chi connectivity index (χ1v) is 9.13. The van der Waals surface area contributed by atoms with Gasteiger partial charge in [0.15, 0.2) is 6.61 Å². The molecular formula is C21H18ClN3O4. The molecule has 0 unspecified atom stereocenters. The predicted octanol–water partition coefficient (Wildman–Crippen LogP) is 4.07. The Morgan fingerprint density at radius 2 is 2.07 bits per heavy atom. The van der Waals surface area contributed by atoms with Gasteiger partial charge in [0.1, 0.15) is 17.6 Å². The van der Waals surface area contributed by atoms with E-state index in [1.165, 1.54) is 6.07 Å². The van der Waals surface area contributed by atoms with Crippen LogP contribution in [0.15, 0.2) is 47.1 Å². The van der Waals surface area contributed by atoms with E-state index < -0.39 is 18.5 Å². The molecule has 1 N–H and O–H groups in total. The van der Waals surface area contributed by atoms with Crippen molar-refractivity contribution in [3.05, 3.63) is 75.8 Å². The highest BCUT2D eigenvalue weighted by molar-refractivity contribution is 6.30. The second-order valence-electron chi connectivity index (χ2n) is 6.35. The Morgan fingerprint density at radius 1 is 1.28 bits per heavy atom. The third-order valence-electron chi connectivity index (χ3n) is 4.49. The molecule has 1 aromatic carbocycles. The van der Waals surface area contributed by atoms with E-state index in [4.69, 9.17) is 20.8 Å². The number of furan rings is 1. The standard InChI is InChI=1S/C21H18ClN3O4/c1-13-14(2)25(11-17-7-4-8-28-17)20(18(13)10-23)24-19(26)12-29-21(27)15-5-3-6-16(22)9-15/h3-9H,11-12H2,1-2H3,(H,24,26). The van der Waals surface area contributed by atoms with Crippen LogP contribution in [-0.2, 0) is 16.1 Å². The number of carbonyl (C=O) groups is 2. The lowest BCUT2D eigenvalue weighted by Crippen LogP contribution is -2.23. The summed E-state index contributed by atoms with van der Waals surface area (Å²) < 4.78 is 12.2. The van der Waals surface area contributed by atoms with E-state index in [1.807, 2.05) is 6.92 Å². The van der Waals surface area contributed by atoms with Gasteiger partial charge in [-0.25, -0.2) is 4.79 Å². The number of aromatic nitrogens is 1. The second-order valence-corrected chi connectivity index (χ2v) is 6.78. The van der Waals surface area contributed by atoms with Crippen molar-refractivity contribution < 1.29 is 18.7 Å². The van der Waals surface area contributed by atoms with Gasteiger partial charge in [-0.3, -0.25) is 4.79 Å². The van der Waals surface area contributed by atoms with Gasteiger partial charge in [-0.2, -0.15) is 5.26 Å². The Morgan fingerprint density at radius 3 is 2.72 bits per heavy atom. The average Bonchev–Trinajstić information content (AvgIpc) is 3.29. The number of hydrogen-bond donors (Lipinski definition) is 1. The normalized spacial score (nSPS) is 10.4. The minimum absolute atomic E-state index is 0.246. The molecule has 8 heteroatoms. The van der Waals surface area contributed by atoms with Gasteiger partial charge in [-0.1, -0.05) is 17.7 Å². The van der Waals surface area contributed by atoms with Gasteiger partial charge in [-0.15, -0.1) is 0 Å². The number of nitrogens with zero attached hydrogens (tertiary/aromatic N) is 2. The number of rotatable bonds is 6. The van der Waals surface area contributed by atoms with Crippen LogP contribution in [0, 0.1) is 25.2 Å². The van der Waals surface area contributed by atoms with Crippen molar-refractivity contribution in [1.82, 2.24) is 4.57 Å². The molecule has 7 nitrogen and oxygen atoms in total. The van der Waals surface area contributed by atoms with E-state index in [-0.39, 0.29) is 5.56 Å². The molecular weight excluding hydrogens is 394 g/mol. The molecule has 3 rings (SSSR count). The van der Waals surface area contributed by atoms with E-state index in [1.54, 1.807) is 48.1 Å². The summed E-state index contributed by atoms with van der Waals surface area (Å²) in [5.41, 5.74) is 2.17. The molecule has 2 heterocycles. The molecule has 148 valence electrons. The van der Waals surface area contributed by atoms with Gasteiger partial charge in [0, 0.05) is 10.7 Å². The van der Waals surface area contributed by atoms with Crippen molar-refractivity contribution in [2.45, 2.75) is 20.4 Å². The number of nitriles is 1. The van der Waals surface area contributed by atoms with Crippen molar-refractivity contribution in [1.29, 1.82) is 5.26 Å². The predicted molar refractivity (Wildman–Crippen MR) is 107 cm³/mol. The number of esters is 1. The zero-order valence-electron chi connectivity index (χ0n) is 15.9. The Bertz CT molecular complexity index is 1090. The molecule has 0 aliphatic heterocycles. The quantitative estimate of drug-likeness (QED) is 0.616. The minimum atomic E-state index is -0.665. The number of amides is 1. The lowest BCUT2D eigenvalue weighted by atomic mass is 10.2. The van der Waals surface area contributed by atoms with Crippen LogP contribution in [0.3, 0.4) is 0 Å². The first-order valence-electron chi connectivity index (χ1n) is 8.75. The lowest BCUT2D eigenvalue weighted by Gasteiger charge is -2.12. The molecule has 0 bridgehead atoms. The first-order chi connectivity index (χ1) is 13.9. The van der Waals surface area contributed by atoms with Crippen LogP contribution in [-0.4, -0.2) is 23.1 Å². The topological polar surface area (TPSA) is 97.3 Å². The summed E-state index contributed by atoms with van der Waals surface area (Å²) in [5.74, 6) is -0.213. The fraction of sp³-hybridized carbons (Fsp3) is 0.190. The number of carbonyl (C=O) groups excluding carboxylic acids is 2. The van der Waals surface area contributed by atoms with E-state index in [0.717, 1.165) is 11.3 Å². The van der Waals surface area contributed by atoms with Crippen molar-refractivity contribution >= 4 is 29.3 Å². The van der Waals surface area contributed by atoms with Gasteiger partial charge < -0.3 is 19.0 Å². The number of ether oxygens (including phenoxy) is 1. The Hall–Kier alpha value is -3.50. The number of benzene rings is 1. The van der Waals surface area contributed by atoms with Gasteiger partial charge in [0.05, 0.1) is 23.9 Å². The van der Waals surface area contributed by atoms with Crippen LogP contribution >= 0.6 is 11.6 Å². The summed E-state index contributed by atoms with van der Waals surface area (Å²) in [6.07, 6.45) is 1.56. The fourth-order valence-corrected chi connectivity index (χ4v) is 3.07. The van der Waals surface area contributed by atoms with Gasteiger partial charge in [0.25, 0.3) is 5.91 Å². The summed E-state index contributed by atoms with van der Waals surface area (Å²) >= 11 is 5.86. The van der Waals surface area contributed by atoms with Crippen LogP contribution in [0.1, 0.15) is 32.9 Å². The van der Waals surface area contributed by atoms with E-state index in [0.29, 0.717) is 28.7 Å². The Labute approximate surface area is 172 Å². The third kappa shape index (κ3) is 4.50. The van der Waals surface area contributed by atoms with E-state index >= 15 is 0 Å². The van der Waals surface area contributed by atoms with Crippen molar-refractivity contribution in [2.24, 2.45) is 0 Å². The maximum Gasteiger partial charge on any atom is 0.338 e. The molecule has 0 aliphatic rings. The molecule has 3 aromatic rings. The smallest absolute Gasteiger partial charge is 0.338 e. The largest absolute Gasteiger partial charge is 0.467 e. The molecule has 0 aliphatic carbocycles. The van der Waals surface area contributed by atoms with Crippen LogP contribution in [0.5, 0.6) is 0 Å².